The molecule has 0 saturated carbocycles. The number of rotatable bonds is 12. The van der Waals surface area contributed by atoms with Crippen LogP contribution in [-0.2, 0) is 32.6 Å². The van der Waals surface area contributed by atoms with Crippen molar-refractivity contribution in [2.75, 3.05) is 10.8 Å². The van der Waals surface area contributed by atoms with Gasteiger partial charge in [-0.1, -0.05) is 96.0 Å². The number of benzene rings is 4. The van der Waals surface area contributed by atoms with Gasteiger partial charge in [0, 0.05) is 19.0 Å². The zero-order valence-electron chi connectivity index (χ0n) is 23.9. The summed E-state index contributed by atoms with van der Waals surface area (Å²) in [6.45, 7) is 3.13. The van der Waals surface area contributed by atoms with Gasteiger partial charge in [0.05, 0.1) is 20.6 Å². The first kappa shape index (κ1) is 32.1. The normalized spacial score (nSPS) is 12.0. The quantitative estimate of drug-likeness (QED) is 0.196. The number of hydrogen-bond acceptors (Lipinski definition) is 4. The molecular weight excluding hydrogens is 605 g/mol. The van der Waals surface area contributed by atoms with E-state index >= 15 is 0 Å². The summed E-state index contributed by atoms with van der Waals surface area (Å²) in [5, 5.41) is 3.59. The third-order valence-corrected chi connectivity index (χ3v) is 9.22. The number of carbonyl (C=O) groups is 2. The Labute approximate surface area is 263 Å². The summed E-state index contributed by atoms with van der Waals surface area (Å²) in [5.41, 5.74) is 1.80. The molecular formula is C33H33Cl2N3O4S. The average molecular weight is 639 g/mol. The van der Waals surface area contributed by atoms with Crippen LogP contribution in [0.1, 0.15) is 25.0 Å². The molecule has 0 fully saturated rings. The highest BCUT2D eigenvalue weighted by Crippen LogP contribution is 2.27. The smallest absolute Gasteiger partial charge is 0.264 e. The second-order valence-electron chi connectivity index (χ2n) is 10.3. The molecule has 1 atom stereocenters. The zero-order chi connectivity index (χ0) is 31.0. The summed E-state index contributed by atoms with van der Waals surface area (Å²) >= 11 is 12.5. The predicted octanol–water partition coefficient (Wildman–Crippen LogP) is 6.35. The summed E-state index contributed by atoms with van der Waals surface area (Å²) in [5.74, 6) is -0.918. The van der Waals surface area contributed by atoms with Gasteiger partial charge in [0.15, 0.2) is 0 Å². The second-order valence-corrected chi connectivity index (χ2v) is 13.0. The van der Waals surface area contributed by atoms with E-state index < -0.39 is 28.5 Å². The second kappa shape index (κ2) is 14.6. The Balaban J connectivity index is 1.79. The molecule has 0 unspecified atom stereocenters. The van der Waals surface area contributed by atoms with Crippen molar-refractivity contribution in [2.45, 2.75) is 43.8 Å². The molecule has 1 N–H and O–H groups in total. The number of carbonyl (C=O) groups excluding carboxylic acids is 2. The maximum Gasteiger partial charge on any atom is 0.264 e. The lowest BCUT2D eigenvalue weighted by molar-refractivity contribution is -0.140. The molecule has 0 aliphatic heterocycles. The fourth-order valence-electron chi connectivity index (χ4n) is 4.61. The van der Waals surface area contributed by atoms with Crippen molar-refractivity contribution in [3.8, 4) is 0 Å². The van der Waals surface area contributed by atoms with Gasteiger partial charge >= 0.3 is 0 Å². The fourth-order valence-corrected chi connectivity index (χ4v) is 6.37. The van der Waals surface area contributed by atoms with Gasteiger partial charge in [-0.3, -0.25) is 13.9 Å². The van der Waals surface area contributed by atoms with E-state index in [1.165, 1.54) is 17.0 Å². The molecule has 0 aliphatic carbocycles. The standard InChI is InChI=1S/C33H33Cl2N3O4S/c1-24(2)36-33(40)31(21-25-12-6-3-7-13-25)37(22-26-18-19-29(34)30(35)20-26)32(39)23-38(27-14-8-4-9-15-27)43(41,42)28-16-10-5-11-17-28/h3-20,24,31H,21-23H2,1-2H3,(H,36,40)/t31-/m0/s1. The van der Waals surface area contributed by atoms with Crippen molar-refractivity contribution < 1.29 is 18.0 Å². The van der Waals surface area contributed by atoms with Crippen LogP contribution in [0.3, 0.4) is 0 Å². The number of hydrogen-bond donors (Lipinski definition) is 1. The monoisotopic (exact) mass is 637 g/mol. The minimum Gasteiger partial charge on any atom is -0.352 e. The van der Waals surface area contributed by atoms with E-state index in [9.17, 15) is 18.0 Å². The molecule has 0 bridgehead atoms. The van der Waals surface area contributed by atoms with Crippen LogP contribution in [0.5, 0.6) is 0 Å². The number of halogens is 2. The number of amides is 2. The summed E-state index contributed by atoms with van der Waals surface area (Å²) in [7, 11) is -4.15. The van der Waals surface area contributed by atoms with E-state index in [2.05, 4.69) is 5.32 Å². The van der Waals surface area contributed by atoms with E-state index in [0.29, 0.717) is 21.3 Å². The molecule has 2 amide bonds. The largest absolute Gasteiger partial charge is 0.352 e. The third kappa shape index (κ3) is 8.38. The molecule has 0 radical (unpaired) electrons. The molecule has 10 heteroatoms. The Bertz CT molecular complexity index is 1640. The summed E-state index contributed by atoms with van der Waals surface area (Å²) in [6, 6.07) is 29.6. The molecule has 4 aromatic carbocycles. The van der Waals surface area contributed by atoms with E-state index in [0.717, 1.165) is 9.87 Å². The van der Waals surface area contributed by atoms with Gasteiger partial charge in [-0.25, -0.2) is 8.42 Å². The Hall–Kier alpha value is -3.85. The van der Waals surface area contributed by atoms with E-state index in [-0.39, 0.29) is 29.8 Å². The van der Waals surface area contributed by atoms with Gasteiger partial charge in [0.1, 0.15) is 12.6 Å². The van der Waals surface area contributed by atoms with Crippen LogP contribution in [0, 0.1) is 0 Å². The van der Waals surface area contributed by atoms with E-state index in [4.69, 9.17) is 23.2 Å². The van der Waals surface area contributed by atoms with Crippen LogP contribution < -0.4 is 9.62 Å². The molecule has 7 nitrogen and oxygen atoms in total. The van der Waals surface area contributed by atoms with Gasteiger partial charge in [-0.05, 0) is 61.4 Å². The van der Waals surface area contributed by atoms with Crippen molar-refractivity contribution in [3.63, 3.8) is 0 Å². The van der Waals surface area contributed by atoms with Crippen molar-refractivity contribution >= 4 is 50.7 Å². The molecule has 4 aromatic rings. The highest BCUT2D eigenvalue weighted by Gasteiger charge is 2.34. The van der Waals surface area contributed by atoms with Crippen LogP contribution in [0.15, 0.2) is 114 Å². The van der Waals surface area contributed by atoms with Crippen molar-refractivity contribution in [2.24, 2.45) is 0 Å². The molecule has 224 valence electrons. The van der Waals surface area contributed by atoms with Crippen LogP contribution in [0.4, 0.5) is 5.69 Å². The fraction of sp³-hybridized carbons (Fsp3) is 0.212. The lowest BCUT2D eigenvalue weighted by Gasteiger charge is -2.34. The number of sulfonamides is 1. The third-order valence-electron chi connectivity index (χ3n) is 6.69. The first-order chi connectivity index (χ1) is 20.6. The molecule has 43 heavy (non-hydrogen) atoms. The summed E-state index contributed by atoms with van der Waals surface area (Å²) < 4.78 is 28.9. The van der Waals surface area contributed by atoms with Crippen LogP contribution in [0.2, 0.25) is 10.0 Å². The predicted molar refractivity (Wildman–Crippen MR) is 172 cm³/mol. The lowest BCUT2D eigenvalue weighted by Crippen LogP contribution is -2.54. The number of nitrogens with one attached hydrogen (secondary N) is 1. The maximum absolute atomic E-state index is 14.4. The topological polar surface area (TPSA) is 86.8 Å². The Kier molecular flexibility index (Phi) is 10.9. The average Bonchev–Trinajstić information content (AvgIpc) is 3.00. The molecule has 0 aromatic heterocycles. The first-order valence-corrected chi connectivity index (χ1v) is 16.0. The van der Waals surface area contributed by atoms with E-state index in [1.54, 1.807) is 66.7 Å². The number of para-hydroxylation sites is 1. The Morgan fingerprint density at radius 1 is 0.767 bits per heavy atom. The summed E-state index contributed by atoms with van der Waals surface area (Å²) in [4.78, 5) is 29.5. The zero-order valence-corrected chi connectivity index (χ0v) is 26.2. The van der Waals surface area contributed by atoms with Crippen molar-refractivity contribution in [1.29, 1.82) is 0 Å². The molecule has 0 heterocycles. The summed E-state index contributed by atoms with van der Waals surface area (Å²) in [6.07, 6.45) is 0.212. The van der Waals surface area contributed by atoms with Crippen molar-refractivity contribution in [3.05, 3.63) is 130 Å². The number of anilines is 1. The first-order valence-electron chi connectivity index (χ1n) is 13.8. The Morgan fingerprint density at radius 3 is 1.93 bits per heavy atom. The van der Waals surface area contributed by atoms with Crippen LogP contribution >= 0.6 is 23.2 Å². The SMILES string of the molecule is CC(C)NC(=O)[C@H](Cc1ccccc1)N(Cc1ccc(Cl)c(Cl)c1)C(=O)CN(c1ccccc1)S(=O)(=O)c1ccccc1. The lowest BCUT2D eigenvalue weighted by atomic mass is 10.0. The maximum atomic E-state index is 14.4. The minimum absolute atomic E-state index is 0.00719. The van der Waals surface area contributed by atoms with Gasteiger partial charge < -0.3 is 10.2 Å². The highest BCUT2D eigenvalue weighted by molar-refractivity contribution is 7.92. The van der Waals surface area contributed by atoms with Gasteiger partial charge in [-0.15, -0.1) is 0 Å². The highest BCUT2D eigenvalue weighted by atomic mass is 35.5. The van der Waals surface area contributed by atoms with Gasteiger partial charge in [0.2, 0.25) is 11.8 Å². The van der Waals surface area contributed by atoms with Crippen LogP contribution in [0.25, 0.3) is 0 Å². The minimum atomic E-state index is -4.15. The number of nitrogens with zero attached hydrogens (tertiary/aromatic N) is 2. The van der Waals surface area contributed by atoms with Gasteiger partial charge in [-0.2, -0.15) is 0 Å². The Morgan fingerprint density at radius 2 is 1.35 bits per heavy atom. The van der Waals surface area contributed by atoms with Crippen molar-refractivity contribution in [1.82, 2.24) is 10.2 Å². The molecule has 4 rings (SSSR count). The van der Waals surface area contributed by atoms with E-state index in [1.807, 2.05) is 44.2 Å². The van der Waals surface area contributed by atoms with Crippen LogP contribution in [-0.4, -0.2) is 43.8 Å². The van der Waals surface area contributed by atoms with Gasteiger partial charge in [0.25, 0.3) is 10.0 Å². The molecule has 0 spiro atoms. The molecule has 0 aliphatic rings. The molecule has 0 saturated heterocycles.